The fraction of sp³-hybridized carbons (Fsp3) is 0.267. The van der Waals surface area contributed by atoms with Crippen molar-refractivity contribution in [2.75, 3.05) is 11.9 Å². The number of halogens is 1. The summed E-state index contributed by atoms with van der Waals surface area (Å²) in [5.74, 6) is -0.143. The monoisotopic (exact) mass is 288 g/mol. The highest BCUT2D eigenvalue weighted by Gasteiger charge is 2.08. The smallest absolute Gasteiger partial charge is 0.270 e. The van der Waals surface area contributed by atoms with Crippen molar-refractivity contribution in [2.24, 2.45) is 0 Å². The average Bonchev–Trinajstić information content (AvgIpc) is 2.48. The number of amides is 1. The third kappa shape index (κ3) is 4.52. The Morgan fingerprint density at radius 2 is 2.14 bits per heavy atom. The summed E-state index contributed by atoms with van der Waals surface area (Å²) >= 11 is 0. The van der Waals surface area contributed by atoms with E-state index >= 15 is 0 Å². The molecule has 1 aromatic heterocycles. The van der Waals surface area contributed by atoms with Crippen molar-refractivity contribution >= 4 is 17.4 Å². The van der Waals surface area contributed by atoms with Crippen LogP contribution < -0.4 is 10.6 Å². The molecule has 2 N–H and O–H groups in total. The molecule has 0 bridgehead atoms. The Kier molecular flexibility index (Phi) is 5.20. The maximum atomic E-state index is 13.1. The first-order chi connectivity index (χ1) is 10.2. The first-order valence-electron chi connectivity index (χ1n) is 6.82. The highest BCUT2D eigenvalue weighted by molar-refractivity contribution is 5.92. The summed E-state index contributed by atoms with van der Waals surface area (Å²) in [4.78, 5) is 19.8. The molecular weight excluding hydrogens is 271 g/mol. The van der Waals surface area contributed by atoms with E-state index in [4.69, 9.17) is 0 Å². The van der Waals surface area contributed by atoms with Crippen LogP contribution in [-0.2, 0) is 0 Å². The van der Waals surface area contributed by atoms with E-state index < -0.39 is 0 Å². The Balaban J connectivity index is 2.05. The Bertz CT molecular complexity index is 618. The number of aromatic nitrogens is 2. The van der Waals surface area contributed by atoms with E-state index in [0.717, 1.165) is 12.8 Å². The van der Waals surface area contributed by atoms with Crippen LogP contribution in [0.4, 0.5) is 15.9 Å². The fourth-order valence-electron chi connectivity index (χ4n) is 1.73. The molecule has 0 atom stereocenters. The lowest BCUT2D eigenvalue weighted by molar-refractivity contribution is 0.0948. The van der Waals surface area contributed by atoms with Gasteiger partial charge in [-0.15, -0.1) is 0 Å². The van der Waals surface area contributed by atoms with Crippen LogP contribution in [0.3, 0.4) is 0 Å². The molecule has 0 unspecified atom stereocenters. The Labute approximate surface area is 122 Å². The van der Waals surface area contributed by atoms with E-state index in [0.29, 0.717) is 18.1 Å². The molecule has 110 valence electrons. The van der Waals surface area contributed by atoms with Crippen LogP contribution in [0.1, 0.15) is 30.3 Å². The number of nitrogens with one attached hydrogen (secondary N) is 2. The fourth-order valence-corrected chi connectivity index (χ4v) is 1.73. The van der Waals surface area contributed by atoms with Gasteiger partial charge in [0.15, 0.2) is 0 Å². The first kappa shape index (κ1) is 14.9. The Morgan fingerprint density at radius 1 is 1.29 bits per heavy atom. The van der Waals surface area contributed by atoms with Gasteiger partial charge >= 0.3 is 0 Å². The van der Waals surface area contributed by atoms with Crippen molar-refractivity contribution < 1.29 is 9.18 Å². The second-order valence-electron chi connectivity index (χ2n) is 4.53. The molecule has 0 aliphatic rings. The Morgan fingerprint density at radius 3 is 2.90 bits per heavy atom. The quantitative estimate of drug-likeness (QED) is 0.802. The molecular formula is C15H17FN4O. The predicted molar refractivity (Wildman–Crippen MR) is 79.0 cm³/mol. The number of rotatable bonds is 6. The molecule has 21 heavy (non-hydrogen) atoms. The van der Waals surface area contributed by atoms with Gasteiger partial charge in [-0.25, -0.2) is 14.4 Å². The molecule has 0 aliphatic heterocycles. The number of benzene rings is 1. The highest BCUT2D eigenvalue weighted by atomic mass is 19.1. The van der Waals surface area contributed by atoms with E-state index in [9.17, 15) is 9.18 Å². The van der Waals surface area contributed by atoms with Gasteiger partial charge in [-0.1, -0.05) is 19.4 Å². The zero-order chi connectivity index (χ0) is 15.1. The van der Waals surface area contributed by atoms with Crippen LogP contribution in [0.5, 0.6) is 0 Å². The van der Waals surface area contributed by atoms with Gasteiger partial charge in [0.2, 0.25) is 0 Å². The van der Waals surface area contributed by atoms with Gasteiger partial charge in [0.05, 0.1) is 0 Å². The topological polar surface area (TPSA) is 66.9 Å². The van der Waals surface area contributed by atoms with Crippen LogP contribution in [-0.4, -0.2) is 22.4 Å². The maximum Gasteiger partial charge on any atom is 0.270 e. The van der Waals surface area contributed by atoms with Gasteiger partial charge in [0.1, 0.15) is 23.7 Å². The normalized spacial score (nSPS) is 10.2. The summed E-state index contributed by atoms with van der Waals surface area (Å²) in [5.41, 5.74) is 0.839. The summed E-state index contributed by atoms with van der Waals surface area (Å²) < 4.78 is 13.1. The molecule has 1 aromatic carbocycles. The number of carbonyl (C=O) groups is 1. The lowest BCUT2D eigenvalue weighted by Crippen LogP contribution is -2.25. The second-order valence-corrected chi connectivity index (χ2v) is 4.53. The van der Waals surface area contributed by atoms with E-state index in [1.807, 2.05) is 0 Å². The third-order valence-electron chi connectivity index (χ3n) is 2.81. The number of carbonyl (C=O) groups excluding carboxylic acids is 1. The summed E-state index contributed by atoms with van der Waals surface area (Å²) in [7, 11) is 0. The maximum absolute atomic E-state index is 13.1. The molecule has 2 rings (SSSR count). The molecule has 0 fully saturated rings. The molecule has 1 amide bonds. The van der Waals surface area contributed by atoms with E-state index in [2.05, 4.69) is 27.5 Å². The minimum absolute atomic E-state index is 0.242. The summed E-state index contributed by atoms with van der Waals surface area (Å²) in [6.45, 7) is 2.67. The zero-order valence-electron chi connectivity index (χ0n) is 11.8. The molecule has 1 heterocycles. The summed E-state index contributed by atoms with van der Waals surface area (Å²) in [6, 6.07) is 7.55. The molecule has 0 radical (unpaired) electrons. The van der Waals surface area contributed by atoms with Crippen LogP contribution in [0.2, 0.25) is 0 Å². The van der Waals surface area contributed by atoms with Gasteiger partial charge in [-0.3, -0.25) is 4.79 Å². The van der Waals surface area contributed by atoms with E-state index in [-0.39, 0.29) is 17.4 Å². The SMILES string of the molecule is CCCCNC(=O)c1cc(Nc2cccc(F)c2)ncn1. The van der Waals surface area contributed by atoms with Crippen molar-refractivity contribution in [1.82, 2.24) is 15.3 Å². The second kappa shape index (κ2) is 7.33. The predicted octanol–water partition coefficient (Wildman–Crippen LogP) is 2.89. The molecule has 5 nitrogen and oxygen atoms in total. The van der Waals surface area contributed by atoms with Gasteiger partial charge in [-0.2, -0.15) is 0 Å². The van der Waals surface area contributed by atoms with Crippen molar-refractivity contribution in [1.29, 1.82) is 0 Å². The molecule has 0 spiro atoms. The highest BCUT2D eigenvalue weighted by Crippen LogP contribution is 2.15. The standard InChI is InChI=1S/C15H17FN4O/c1-2-3-7-17-15(21)13-9-14(19-10-18-13)20-12-6-4-5-11(16)8-12/h4-6,8-10H,2-3,7H2,1H3,(H,17,21)(H,18,19,20). The minimum atomic E-state index is -0.341. The molecule has 2 aromatic rings. The lowest BCUT2D eigenvalue weighted by atomic mass is 10.3. The third-order valence-corrected chi connectivity index (χ3v) is 2.81. The number of anilines is 2. The van der Waals surface area contributed by atoms with Crippen molar-refractivity contribution in [3.05, 3.63) is 48.2 Å². The van der Waals surface area contributed by atoms with Crippen LogP contribution in [0, 0.1) is 5.82 Å². The summed E-state index contributed by atoms with van der Waals surface area (Å²) in [6.07, 6.45) is 3.23. The zero-order valence-corrected chi connectivity index (χ0v) is 11.8. The molecule has 6 heteroatoms. The van der Waals surface area contributed by atoms with Gasteiger partial charge < -0.3 is 10.6 Å². The van der Waals surface area contributed by atoms with Crippen molar-refractivity contribution in [3.8, 4) is 0 Å². The molecule has 0 saturated heterocycles. The van der Waals surface area contributed by atoms with Crippen LogP contribution in [0.25, 0.3) is 0 Å². The average molecular weight is 288 g/mol. The molecule has 0 aliphatic carbocycles. The summed E-state index contributed by atoms with van der Waals surface area (Å²) in [5, 5.41) is 5.72. The Hall–Kier alpha value is -2.50. The van der Waals surface area contributed by atoms with Crippen molar-refractivity contribution in [2.45, 2.75) is 19.8 Å². The van der Waals surface area contributed by atoms with Gasteiger partial charge in [0, 0.05) is 18.3 Å². The van der Waals surface area contributed by atoms with E-state index in [1.54, 1.807) is 12.1 Å². The number of unbranched alkanes of at least 4 members (excludes halogenated alkanes) is 1. The molecule has 0 saturated carbocycles. The number of hydrogen-bond acceptors (Lipinski definition) is 4. The first-order valence-corrected chi connectivity index (χ1v) is 6.82. The van der Waals surface area contributed by atoms with E-state index in [1.165, 1.54) is 24.5 Å². The minimum Gasteiger partial charge on any atom is -0.351 e. The van der Waals surface area contributed by atoms with Crippen LogP contribution >= 0.6 is 0 Å². The lowest BCUT2D eigenvalue weighted by Gasteiger charge is -2.07. The van der Waals surface area contributed by atoms with Crippen LogP contribution in [0.15, 0.2) is 36.7 Å². The largest absolute Gasteiger partial charge is 0.351 e. The number of hydrogen-bond donors (Lipinski definition) is 2. The number of nitrogens with zero attached hydrogens (tertiary/aromatic N) is 2. The van der Waals surface area contributed by atoms with Gasteiger partial charge in [-0.05, 0) is 24.6 Å². The van der Waals surface area contributed by atoms with Gasteiger partial charge in [0.25, 0.3) is 5.91 Å². The van der Waals surface area contributed by atoms with Crippen molar-refractivity contribution in [3.63, 3.8) is 0 Å².